The molecule has 0 atom stereocenters. The van der Waals surface area contributed by atoms with Crippen molar-refractivity contribution in [2.75, 3.05) is 0 Å². The lowest BCUT2D eigenvalue weighted by Crippen LogP contribution is -2.01. The number of benzene rings is 6. The predicted octanol–water partition coefficient (Wildman–Crippen LogP) is 9.78. The van der Waals surface area contributed by atoms with Crippen LogP contribution in [-0.4, -0.2) is 19.5 Å². The van der Waals surface area contributed by atoms with Gasteiger partial charge in [-0.15, -0.1) is 0 Å². The van der Waals surface area contributed by atoms with E-state index in [1.807, 2.05) is 72.8 Å². The monoisotopic (exact) mass is 558 g/mol. The van der Waals surface area contributed by atoms with E-state index in [2.05, 4.69) is 71.3 Å². The average Bonchev–Trinajstić information content (AvgIpc) is 3.39. The Morgan fingerprint density at radius 3 is 1.64 bits per heavy atom. The molecule has 0 spiro atoms. The number of aromatic nitrogens is 4. The van der Waals surface area contributed by atoms with Crippen LogP contribution in [0, 0.1) is 0 Å². The van der Waals surface area contributed by atoms with Gasteiger partial charge in [0, 0.05) is 38.2 Å². The summed E-state index contributed by atoms with van der Waals surface area (Å²) in [6.45, 7) is 0. The maximum absolute atomic E-state index is 6.57. The fourth-order valence-electron chi connectivity index (χ4n) is 5.82. The minimum Gasteiger partial charge on any atom is -0.309 e. The largest absolute Gasteiger partial charge is 0.309 e. The molecule has 0 bridgehead atoms. The van der Waals surface area contributed by atoms with Crippen LogP contribution < -0.4 is 0 Å². The molecule has 4 nitrogen and oxygen atoms in total. The molecular formula is C37H23ClN4. The zero-order valence-corrected chi connectivity index (χ0v) is 23.2. The molecule has 0 aliphatic rings. The van der Waals surface area contributed by atoms with E-state index in [0.717, 1.165) is 55.0 Å². The summed E-state index contributed by atoms with van der Waals surface area (Å²) in [5.41, 5.74) is 6.06. The van der Waals surface area contributed by atoms with Gasteiger partial charge in [0.15, 0.2) is 17.5 Å². The van der Waals surface area contributed by atoms with E-state index in [9.17, 15) is 0 Å². The molecule has 0 radical (unpaired) electrons. The standard InChI is InChI=1S/C37H23ClN4/c38-26-20-21-32-31(22-26)34-29-19-11-10-18-28(29)30(23-33(34)42(32)27-16-8-3-9-17-27)37-40-35(24-12-4-1-5-13-24)39-36(41-37)25-14-6-2-7-15-25/h1-23H. The summed E-state index contributed by atoms with van der Waals surface area (Å²) < 4.78 is 2.30. The van der Waals surface area contributed by atoms with E-state index in [4.69, 9.17) is 26.6 Å². The molecule has 42 heavy (non-hydrogen) atoms. The molecule has 0 unspecified atom stereocenters. The number of rotatable bonds is 4. The molecule has 0 aliphatic heterocycles. The number of halogens is 1. The number of hydrogen-bond donors (Lipinski definition) is 0. The number of fused-ring (bicyclic) bond motifs is 5. The lowest BCUT2D eigenvalue weighted by atomic mass is 9.98. The Bertz CT molecular complexity index is 2180. The highest BCUT2D eigenvalue weighted by atomic mass is 35.5. The second kappa shape index (κ2) is 9.95. The first-order chi connectivity index (χ1) is 20.7. The second-order valence-electron chi connectivity index (χ2n) is 10.2. The van der Waals surface area contributed by atoms with Crippen molar-refractivity contribution >= 4 is 44.2 Å². The zero-order chi connectivity index (χ0) is 28.0. The van der Waals surface area contributed by atoms with Gasteiger partial charge in [-0.1, -0.05) is 115 Å². The molecule has 0 saturated heterocycles. The van der Waals surface area contributed by atoms with E-state index in [1.54, 1.807) is 0 Å². The van der Waals surface area contributed by atoms with E-state index >= 15 is 0 Å². The van der Waals surface area contributed by atoms with Crippen molar-refractivity contribution in [1.29, 1.82) is 0 Å². The van der Waals surface area contributed by atoms with Gasteiger partial charge in [-0.25, -0.2) is 15.0 Å². The first-order valence-electron chi connectivity index (χ1n) is 13.8. The molecule has 0 aliphatic carbocycles. The van der Waals surface area contributed by atoms with Crippen LogP contribution in [0.5, 0.6) is 0 Å². The SMILES string of the molecule is Clc1ccc2c(c1)c1c3ccccc3c(-c3nc(-c4ccccc4)nc(-c4ccccc4)n3)cc1n2-c1ccccc1. The van der Waals surface area contributed by atoms with Gasteiger partial charge >= 0.3 is 0 Å². The fraction of sp³-hybridized carbons (Fsp3) is 0. The van der Waals surface area contributed by atoms with Gasteiger partial charge in [-0.3, -0.25) is 0 Å². The second-order valence-corrected chi connectivity index (χ2v) is 10.7. The van der Waals surface area contributed by atoms with Crippen LogP contribution in [0.1, 0.15) is 0 Å². The first-order valence-corrected chi connectivity index (χ1v) is 14.2. The molecule has 2 heterocycles. The Hall–Kier alpha value is -5.32. The summed E-state index contributed by atoms with van der Waals surface area (Å²) in [7, 11) is 0. The topological polar surface area (TPSA) is 43.6 Å². The Balaban J connectivity index is 1.50. The van der Waals surface area contributed by atoms with Gasteiger partial charge in [0.25, 0.3) is 0 Å². The molecule has 0 N–H and O–H groups in total. The van der Waals surface area contributed by atoms with Crippen molar-refractivity contribution in [2.45, 2.75) is 0 Å². The highest BCUT2D eigenvalue weighted by Gasteiger charge is 2.20. The number of para-hydroxylation sites is 1. The fourth-order valence-corrected chi connectivity index (χ4v) is 5.99. The molecule has 6 aromatic carbocycles. The molecule has 198 valence electrons. The number of hydrogen-bond acceptors (Lipinski definition) is 3. The van der Waals surface area contributed by atoms with Crippen LogP contribution in [0.4, 0.5) is 0 Å². The lowest BCUT2D eigenvalue weighted by Gasteiger charge is -2.13. The molecule has 0 saturated carbocycles. The Morgan fingerprint density at radius 2 is 1.00 bits per heavy atom. The predicted molar refractivity (Wildman–Crippen MR) is 173 cm³/mol. The molecule has 0 fully saturated rings. The molecule has 0 amide bonds. The maximum atomic E-state index is 6.57. The highest BCUT2D eigenvalue weighted by Crippen LogP contribution is 2.41. The van der Waals surface area contributed by atoms with Crippen molar-refractivity contribution in [3.05, 3.63) is 145 Å². The third kappa shape index (κ3) is 4.04. The average molecular weight is 559 g/mol. The van der Waals surface area contributed by atoms with Gasteiger partial charge in [0.2, 0.25) is 0 Å². The number of nitrogens with zero attached hydrogens (tertiary/aromatic N) is 4. The van der Waals surface area contributed by atoms with Crippen molar-refractivity contribution in [2.24, 2.45) is 0 Å². The van der Waals surface area contributed by atoms with Gasteiger partial charge < -0.3 is 4.57 Å². The maximum Gasteiger partial charge on any atom is 0.164 e. The molecular weight excluding hydrogens is 536 g/mol. The minimum atomic E-state index is 0.628. The summed E-state index contributed by atoms with van der Waals surface area (Å²) in [5.74, 6) is 1.90. The third-order valence-electron chi connectivity index (χ3n) is 7.69. The Morgan fingerprint density at radius 1 is 0.452 bits per heavy atom. The van der Waals surface area contributed by atoms with Gasteiger partial charge in [0.05, 0.1) is 11.0 Å². The van der Waals surface area contributed by atoms with E-state index < -0.39 is 0 Å². The van der Waals surface area contributed by atoms with Crippen molar-refractivity contribution in [1.82, 2.24) is 19.5 Å². The van der Waals surface area contributed by atoms with E-state index in [-0.39, 0.29) is 0 Å². The van der Waals surface area contributed by atoms with E-state index in [0.29, 0.717) is 22.5 Å². The van der Waals surface area contributed by atoms with Crippen LogP contribution >= 0.6 is 11.6 Å². The summed E-state index contributed by atoms with van der Waals surface area (Å²) >= 11 is 6.57. The smallest absolute Gasteiger partial charge is 0.164 e. The molecule has 5 heteroatoms. The van der Waals surface area contributed by atoms with Crippen molar-refractivity contribution < 1.29 is 0 Å². The summed E-state index contributed by atoms with van der Waals surface area (Å²) in [6, 6.07) is 47.4. The minimum absolute atomic E-state index is 0.628. The van der Waals surface area contributed by atoms with Crippen LogP contribution in [-0.2, 0) is 0 Å². The Kier molecular flexibility index (Phi) is 5.80. The van der Waals surface area contributed by atoms with Gasteiger partial charge in [0.1, 0.15) is 0 Å². The lowest BCUT2D eigenvalue weighted by molar-refractivity contribution is 1.08. The first kappa shape index (κ1) is 24.5. The Labute approximate surface area is 247 Å². The summed E-state index contributed by atoms with van der Waals surface area (Å²) in [5, 5.41) is 5.16. The van der Waals surface area contributed by atoms with Crippen molar-refractivity contribution in [3.63, 3.8) is 0 Å². The van der Waals surface area contributed by atoms with Crippen molar-refractivity contribution in [3.8, 4) is 39.9 Å². The van der Waals surface area contributed by atoms with Crippen LogP contribution in [0.15, 0.2) is 140 Å². The third-order valence-corrected chi connectivity index (χ3v) is 7.92. The molecule has 8 aromatic rings. The van der Waals surface area contributed by atoms with Crippen LogP contribution in [0.2, 0.25) is 5.02 Å². The van der Waals surface area contributed by atoms with Gasteiger partial charge in [-0.05, 0) is 47.2 Å². The van der Waals surface area contributed by atoms with Gasteiger partial charge in [-0.2, -0.15) is 0 Å². The van der Waals surface area contributed by atoms with E-state index in [1.165, 1.54) is 0 Å². The highest BCUT2D eigenvalue weighted by molar-refractivity contribution is 6.33. The quantitative estimate of drug-likeness (QED) is 0.216. The van der Waals surface area contributed by atoms with Crippen LogP contribution in [0.3, 0.4) is 0 Å². The normalized spacial score (nSPS) is 11.5. The van der Waals surface area contributed by atoms with Crippen LogP contribution in [0.25, 0.3) is 72.4 Å². The molecule has 8 rings (SSSR count). The molecule has 2 aromatic heterocycles. The zero-order valence-electron chi connectivity index (χ0n) is 22.4. The summed E-state index contributed by atoms with van der Waals surface area (Å²) in [4.78, 5) is 15.1. The summed E-state index contributed by atoms with van der Waals surface area (Å²) in [6.07, 6.45) is 0.